The van der Waals surface area contributed by atoms with E-state index in [-0.39, 0.29) is 35.1 Å². The number of aryl methyl sites for hydroxylation is 1. The molecule has 5 nitrogen and oxygen atoms in total. The summed E-state index contributed by atoms with van der Waals surface area (Å²) in [5, 5.41) is 0.102. The number of hydrogen-bond donors (Lipinski definition) is 0. The second kappa shape index (κ2) is 3.99. The maximum Gasteiger partial charge on any atom is 0.235 e. The van der Waals surface area contributed by atoms with Crippen LogP contribution in [-0.2, 0) is 9.59 Å². The van der Waals surface area contributed by atoms with Crippen molar-refractivity contribution in [2.75, 3.05) is 11.4 Å². The Bertz CT molecular complexity index is 467. The molecule has 0 N–H and O–H groups in total. The largest absolute Gasteiger partial charge is 0.300 e. The molecule has 0 saturated carbocycles. The lowest BCUT2D eigenvalue weighted by Gasteiger charge is -2.17. The van der Waals surface area contributed by atoms with Gasteiger partial charge in [0.05, 0.1) is 18.7 Å². The van der Waals surface area contributed by atoms with Crippen molar-refractivity contribution in [2.24, 2.45) is 0 Å². The van der Waals surface area contributed by atoms with Crippen LogP contribution in [0.1, 0.15) is 12.1 Å². The highest BCUT2D eigenvalue weighted by atomic mass is 35.5. The minimum absolute atomic E-state index is 0.0178. The van der Waals surface area contributed by atoms with Gasteiger partial charge in [-0.15, -0.1) is 0 Å². The Morgan fingerprint density at radius 3 is 2.44 bits per heavy atom. The third-order valence-corrected chi connectivity index (χ3v) is 2.67. The van der Waals surface area contributed by atoms with Gasteiger partial charge in [0.25, 0.3) is 0 Å². The first-order chi connectivity index (χ1) is 7.49. The predicted octanol–water partition coefficient (Wildman–Crippen LogP) is 1.40. The molecule has 84 valence electrons. The number of halogens is 2. The molecular weight excluding hydrogens is 253 g/mol. The summed E-state index contributed by atoms with van der Waals surface area (Å²) >= 11 is 11.5. The van der Waals surface area contributed by atoms with E-state index in [0.29, 0.717) is 11.4 Å². The van der Waals surface area contributed by atoms with Gasteiger partial charge in [-0.1, -0.05) is 11.6 Å². The lowest BCUT2D eigenvalue weighted by atomic mass is 10.3. The molecule has 1 saturated heterocycles. The second-order valence-electron chi connectivity index (χ2n) is 3.41. The Morgan fingerprint density at radius 1 is 1.25 bits per heavy atom. The minimum atomic E-state index is -0.291. The topological polar surface area (TPSA) is 63.2 Å². The minimum Gasteiger partial charge on any atom is -0.300 e. The van der Waals surface area contributed by atoms with Crippen LogP contribution >= 0.6 is 23.2 Å². The fourth-order valence-corrected chi connectivity index (χ4v) is 2.17. The van der Waals surface area contributed by atoms with Crippen molar-refractivity contribution >= 4 is 40.6 Å². The third-order valence-electron chi connectivity index (χ3n) is 2.24. The number of nitrogens with zero attached hydrogens (tertiary/aromatic N) is 3. The van der Waals surface area contributed by atoms with Gasteiger partial charge in [0, 0.05) is 0 Å². The van der Waals surface area contributed by atoms with E-state index in [1.54, 1.807) is 6.92 Å². The first-order valence-electron chi connectivity index (χ1n) is 4.50. The van der Waals surface area contributed by atoms with Crippen LogP contribution in [0.25, 0.3) is 0 Å². The van der Waals surface area contributed by atoms with E-state index in [1.165, 1.54) is 4.90 Å². The van der Waals surface area contributed by atoms with Crippen LogP contribution in [0.5, 0.6) is 0 Å². The highest BCUT2D eigenvalue weighted by Gasteiger charge is 2.31. The van der Waals surface area contributed by atoms with Gasteiger partial charge in [0.1, 0.15) is 5.69 Å². The first-order valence-corrected chi connectivity index (χ1v) is 5.26. The van der Waals surface area contributed by atoms with Crippen molar-refractivity contribution in [3.63, 3.8) is 0 Å². The molecule has 7 heteroatoms. The van der Waals surface area contributed by atoms with Gasteiger partial charge in [-0.3, -0.25) is 9.59 Å². The van der Waals surface area contributed by atoms with Crippen molar-refractivity contribution in [3.05, 3.63) is 16.1 Å². The molecule has 16 heavy (non-hydrogen) atoms. The van der Waals surface area contributed by atoms with Gasteiger partial charge in [-0.05, 0) is 18.5 Å². The molecule has 1 aromatic rings. The van der Waals surface area contributed by atoms with E-state index in [4.69, 9.17) is 23.2 Å². The summed E-state index contributed by atoms with van der Waals surface area (Å²) in [6.45, 7) is 1.68. The maximum atomic E-state index is 11.5. The van der Waals surface area contributed by atoms with E-state index in [9.17, 15) is 9.59 Å². The van der Waals surface area contributed by atoms with Crippen LogP contribution in [-0.4, -0.2) is 28.2 Å². The monoisotopic (exact) mass is 259 g/mol. The zero-order chi connectivity index (χ0) is 11.9. The standard InChI is InChI=1S/C9H7Cl2N3O2/c1-4-7(8(10)13-9(11)12-4)14-3-5(15)2-6(14)16/h2-3H2,1H3. The number of hydrogen-bond acceptors (Lipinski definition) is 4. The van der Waals surface area contributed by atoms with Crippen LogP contribution in [0, 0.1) is 6.92 Å². The first kappa shape index (κ1) is 11.3. The summed E-state index contributed by atoms with van der Waals surface area (Å²) in [7, 11) is 0. The molecule has 1 aliphatic heterocycles. The summed E-state index contributed by atoms with van der Waals surface area (Å²) in [5.74, 6) is -0.434. The average molecular weight is 260 g/mol. The van der Waals surface area contributed by atoms with Crippen LogP contribution in [0.15, 0.2) is 0 Å². The molecule has 0 radical (unpaired) electrons. The summed E-state index contributed by atoms with van der Waals surface area (Å²) < 4.78 is 0. The van der Waals surface area contributed by atoms with Gasteiger partial charge in [0.15, 0.2) is 10.9 Å². The molecule has 0 aromatic carbocycles. The Hall–Kier alpha value is -1.20. The van der Waals surface area contributed by atoms with Crippen molar-refractivity contribution < 1.29 is 9.59 Å². The van der Waals surface area contributed by atoms with E-state index >= 15 is 0 Å². The smallest absolute Gasteiger partial charge is 0.235 e. The van der Waals surface area contributed by atoms with Crippen LogP contribution < -0.4 is 4.90 Å². The summed E-state index contributed by atoms with van der Waals surface area (Å²) in [6.07, 6.45) is -0.0988. The van der Waals surface area contributed by atoms with Gasteiger partial charge < -0.3 is 4.90 Å². The SMILES string of the molecule is Cc1nc(Cl)nc(Cl)c1N1CC(=O)CC1=O. The van der Waals surface area contributed by atoms with Gasteiger partial charge in [-0.25, -0.2) is 9.97 Å². The van der Waals surface area contributed by atoms with E-state index in [2.05, 4.69) is 9.97 Å². The fraction of sp³-hybridized carbons (Fsp3) is 0.333. The molecule has 2 rings (SSSR count). The molecule has 0 bridgehead atoms. The number of anilines is 1. The Balaban J connectivity index is 2.48. The lowest BCUT2D eigenvalue weighted by molar-refractivity contribution is -0.121. The van der Waals surface area contributed by atoms with E-state index in [1.807, 2.05) is 0 Å². The number of amides is 1. The molecule has 0 spiro atoms. The van der Waals surface area contributed by atoms with E-state index < -0.39 is 0 Å². The molecule has 0 aliphatic carbocycles. The number of carbonyl (C=O) groups excluding carboxylic acids is 2. The van der Waals surface area contributed by atoms with Crippen molar-refractivity contribution in [1.29, 1.82) is 0 Å². The molecule has 1 aliphatic rings. The molecule has 1 aromatic heterocycles. The zero-order valence-corrected chi connectivity index (χ0v) is 9.84. The Kier molecular flexibility index (Phi) is 2.82. The van der Waals surface area contributed by atoms with Crippen molar-refractivity contribution in [2.45, 2.75) is 13.3 Å². The van der Waals surface area contributed by atoms with Gasteiger partial charge >= 0.3 is 0 Å². The van der Waals surface area contributed by atoms with Crippen LogP contribution in [0.2, 0.25) is 10.4 Å². The number of aromatic nitrogens is 2. The summed E-state index contributed by atoms with van der Waals surface area (Å²) in [4.78, 5) is 31.6. The zero-order valence-electron chi connectivity index (χ0n) is 8.33. The fourth-order valence-electron chi connectivity index (χ4n) is 1.59. The Morgan fingerprint density at radius 2 is 1.94 bits per heavy atom. The molecule has 0 atom stereocenters. The number of Topliss-reactive ketones (excluding diaryl/α,β-unsaturated/α-hetero) is 1. The second-order valence-corrected chi connectivity index (χ2v) is 4.11. The predicted molar refractivity (Wildman–Crippen MR) is 58.8 cm³/mol. The van der Waals surface area contributed by atoms with Gasteiger partial charge in [0.2, 0.25) is 11.2 Å². The normalized spacial score (nSPS) is 16.1. The molecule has 2 heterocycles. The number of carbonyl (C=O) groups is 2. The van der Waals surface area contributed by atoms with Crippen molar-refractivity contribution in [3.8, 4) is 0 Å². The molecule has 0 unspecified atom stereocenters. The highest BCUT2D eigenvalue weighted by molar-refractivity contribution is 6.34. The van der Waals surface area contributed by atoms with Gasteiger partial charge in [-0.2, -0.15) is 0 Å². The number of rotatable bonds is 1. The van der Waals surface area contributed by atoms with Crippen LogP contribution in [0.4, 0.5) is 5.69 Å². The molecule has 1 fully saturated rings. The summed E-state index contributed by atoms with van der Waals surface area (Å²) in [5.41, 5.74) is 0.843. The quantitative estimate of drug-likeness (QED) is 0.435. The maximum absolute atomic E-state index is 11.5. The third kappa shape index (κ3) is 1.88. The number of ketones is 1. The Labute approximate surface area is 101 Å². The molecule has 1 amide bonds. The average Bonchev–Trinajstić information content (AvgIpc) is 2.43. The summed E-state index contributed by atoms with van der Waals surface area (Å²) in [6, 6.07) is 0. The van der Waals surface area contributed by atoms with Crippen molar-refractivity contribution in [1.82, 2.24) is 9.97 Å². The van der Waals surface area contributed by atoms with E-state index in [0.717, 1.165) is 0 Å². The lowest BCUT2D eigenvalue weighted by Crippen LogP contribution is -2.26. The highest BCUT2D eigenvalue weighted by Crippen LogP contribution is 2.30. The molecular formula is C9H7Cl2N3O2. The van der Waals surface area contributed by atoms with Crippen LogP contribution in [0.3, 0.4) is 0 Å².